The number of ether oxygens (including phenoxy) is 1. The summed E-state index contributed by atoms with van der Waals surface area (Å²) >= 11 is 3.33. The summed E-state index contributed by atoms with van der Waals surface area (Å²) < 4.78 is 19.7. The Labute approximate surface area is 109 Å². The van der Waals surface area contributed by atoms with Gasteiger partial charge in [-0.15, -0.1) is 0 Å². The van der Waals surface area contributed by atoms with Crippen LogP contribution in [0, 0.1) is 11.7 Å². The highest BCUT2D eigenvalue weighted by atomic mass is 79.9. The fraction of sp³-hybridized carbons (Fsp3) is 0.385. The normalized spacial score (nSPS) is 15.5. The number of rotatable bonds is 5. The van der Waals surface area contributed by atoms with Gasteiger partial charge in [0.15, 0.2) is 0 Å². The van der Waals surface area contributed by atoms with Gasteiger partial charge < -0.3 is 10.5 Å². The zero-order valence-corrected chi connectivity index (χ0v) is 11.0. The van der Waals surface area contributed by atoms with Crippen LogP contribution in [0.15, 0.2) is 22.7 Å². The van der Waals surface area contributed by atoms with E-state index in [-0.39, 0.29) is 5.82 Å². The summed E-state index contributed by atoms with van der Waals surface area (Å²) in [6.07, 6.45) is 6.03. The van der Waals surface area contributed by atoms with Crippen molar-refractivity contribution in [2.75, 3.05) is 13.2 Å². The first-order valence-electron chi connectivity index (χ1n) is 5.69. The van der Waals surface area contributed by atoms with Crippen LogP contribution in [0.2, 0.25) is 0 Å². The molecule has 92 valence electrons. The number of nitrogens with two attached hydrogens (primary N) is 1. The second-order valence-corrected chi connectivity index (χ2v) is 5.05. The summed E-state index contributed by atoms with van der Waals surface area (Å²) in [6.45, 7) is 1.13. The second kappa shape index (κ2) is 5.65. The standard InChI is InChI=1S/C13H15BrFNO/c14-12-7-11(15)6-10(2-1-5-16)13(12)17-8-9-3-4-9/h1-2,6-7,9H,3-5,8,16H2/b2-1+. The molecule has 1 aliphatic carbocycles. The summed E-state index contributed by atoms with van der Waals surface area (Å²) in [6, 6.07) is 2.88. The minimum Gasteiger partial charge on any atom is -0.491 e. The molecular formula is C13H15BrFNO. The van der Waals surface area contributed by atoms with E-state index in [9.17, 15) is 4.39 Å². The lowest BCUT2D eigenvalue weighted by atomic mass is 10.2. The molecule has 0 bridgehead atoms. The molecule has 4 heteroatoms. The maximum Gasteiger partial charge on any atom is 0.140 e. The van der Waals surface area contributed by atoms with Gasteiger partial charge in [0, 0.05) is 12.1 Å². The molecule has 17 heavy (non-hydrogen) atoms. The van der Waals surface area contributed by atoms with Crippen LogP contribution in [-0.2, 0) is 0 Å². The number of hydrogen-bond acceptors (Lipinski definition) is 2. The summed E-state index contributed by atoms with van der Waals surface area (Å²) in [5.41, 5.74) is 6.13. The molecule has 1 aromatic rings. The van der Waals surface area contributed by atoms with Crippen LogP contribution in [0.4, 0.5) is 4.39 Å². The Morgan fingerprint density at radius 2 is 2.24 bits per heavy atom. The summed E-state index contributed by atoms with van der Waals surface area (Å²) in [5, 5.41) is 0. The fourth-order valence-corrected chi connectivity index (χ4v) is 2.10. The van der Waals surface area contributed by atoms with Crippen molar-refractivity contribution in [3.8, 4) is 5.75 Å². The lowest BCUT2D eigenvalue weighted by molar-refractivity contribution is 0.297. The van der Waals surface area contributed by atoms with Crippen LogP contribution in [0.25, 0.3) is 6.08 Å². The Balaban J connectivity index is 2.21. The molecule has 0 aliphatic heterocycles. The van der Waals surface area contributed by atoms with Crippen molar-refractivity contribution in [3.05, 3.63) is 34.1 Å². The average Bonchev–Trinajstić information content (AvgIpc) is 3.08. The molecule has 1 fully saturated rings. The van der Waals surface area contributed by atoms with E-state index >= 15 is 0 Å². The fourth-order valence-electron chi connectivity index (χ4n) is 1.54. The lowest BCUT2D eigenvalue weighted by Crippen LogP contribution is -2.02. The van der Waals surface area contributed by atoms with Crippen LogP contribution in [0.5, 0.6) is 5.75 Å². The molecule has 2 nitrogen and oxygen atoms in total. The van der Waals surface area contributed by atoms with Gasteiger partial charge in [-0.25, -0.2) is 4.39 Å². The van der Waals surface area contributed by atoms with Crippen LogP contribution < -0.4 is 10.5 Å². The van der Waals surface area contributed by atoms with E-state index in [2.05, 4.69) is 15.9 Å². The van der Waals surface area contributed by atoms with E-state index in [1.54, 1.807) is 12.2 Å². The molecule has 0 radical (unpaired) electrons. The molecular weight excluding hydrogens is 285 g/mol. The summed E-state index contributed by atoms with van der Waals surface area (Å²) in [4.78, 5) is 0. The third-order valence-electron chi connectivity index (χ3n) is 2.63. The smallest absolute Gasteiger partial charge is 0.140 e. The molecule has 0 unspecified atom stereocenters. The molecule has 0 heterocycles. The SMILES string of the molecule is NC/C=C/c1cc(F)cc(Br)c1OCC1CC1. The van der Waals surface area contributed by atoms with Gasteiger partial charge in [-0.05, 0) is 46.8 Å². The zero-order chi connectivity index (χ0) is 12.3. The number of halogens is 2. The highest BCUT2D eigenvalue weighted by Crippen LogP contribution is 2.35. The quantitative estimate of drug-likeness (QED) is 0.905. The van der Waals surface area contributed by atoms with Crippen molar-refractivity contribution in [1.82, 2.24) is 0 Å². The molecule has 1 aromatic carbocycles. The lowest BCUT2D eigenvalue weighted by Gasteiger charge is -2.11. The molecule has 1 aliphatic rings. The Morgan fingerprint density at radius 1 is 1.47 bits per heavy atom. The van der Waals surface area contributed by atoms with Gasteiger partial charge in [0.25, 0.3) is 0 Å². The van der Waals surface area contributed by atoms with E-state index < -0.39 is 0 Å². The molecule has 1 saturated carbocycles. The molecule has 0 spiro atoms. The van der Waals surface area contributed by atoms with Gasteiger partial charge in [-0.2, -0.15) is 0 Å². The van der Waals surface area contributed by atoms with Gasteiger partial charge in [-0.1, -0.05) is 12.2 Å². The Morgan fingerprint density at radius 3 is 2.88 bits per heavy atom. The first-order chi connectivity index (χ1) is 8.20. The van der Waals surface area contributed by atoms with E-state index in [1.165, 1.54) is 25.0 Å². The van der Waals surface area contributed by atoms with Crippen LogP contribution in [-0.4, -0.2) is 13.2 Å². The average molecular weight is 300 g/mol. The Hall–Kier alpha value is -0.870. The first kappa shape index (κ1) is 12.6. The summed E-state index contributed by atoms with van der Waals surface area (Å²) in [7, 11) is 0. The van der Waals surface area contributed by atoms with Gasteiger partial charge in [0.2, 0.25) is 0 Å². The monoisotopic (exact) mass is 299 g/mol. The molecule has 0 saturated heterocycles. The highest BCUT2D eigenvalue weighted by molar-refractivity contribution is 9.10. The minimum atomic E-state index is -0.285. The maximum absolute atomic E-state index is 13.3. The largest absolute Gasteiger partial charge is 0.491 e. The van der Waals surface area contributed by atoms with Gasteiger partial charge in [0.05, 0.1) is 11.1 Å². The topological polar surface area (TPSA) is 35.2 Å². The third kappa shape index (κ3) is 3.54. The van der Waals surface area contributed by atoms with Crippen molar-refractivity contribution in [1.29, 1.82) is 0 Å². The predicted octanol–water partition coefficient (Wildman–Crippen LogP) is 3.35. The van der Waals surface area contributed by atoms with E-state index in [0.717, 1.165) is 5.56 Å². The van der Waals surface area contributed by atoms with Crippen molar-refractivity contribution in [2.45, 2.75) is 12.8 Å². The van der Waals surface area contributed by atoms with Gasteiger partial charge >= 0.3 is 0 Å². The van der Waals surface area contributed by atoms with E-state index in [1.807, 2.05) is 0 Å². The molecule has 0 atom stereocenters. The predicted molar refractivity (Wildman–Crippen MR) is 70.4 cm³/mol. The van der Waals surface area contributed by atoms with Gasteiger partial charge in [-0.3, -0.25) is 0 Å². The molecule has 0 aromatic heterocycles. The molecule has 2 rings (SSSR count). The second-order valence-electron chi connectivity index (χ2n) is 4.20. The summed E-state index contributed by atoms with van der Waals surface area (Å²) in [5.74, 6) is 1.08. The van der Waals surface area contributed by atoms with Crippen molar-refractivity contribution < 1.29 is 9.13 Å². The number of benzene rings is 1. The molecule has 2 N–H and O–H groups in total. The van der Waals surface area contributed by atoms with Crippen LogP contribution >= 0.6 is 15.9 Å². The zero-order valence-electron chi connectivity index (χ0n) is 9.46. The van der Waals surface area contributed by atoms with E-state index in [4.69, 9.17) is 10.5 Å². The van der Waals surface area contributed by atoms with Crippen molar-refractivity contribution >= 4 is 22.0 Å². The van der Waals surface area contributed by atoms with Crippen LogP contribution in [0.3, 0.4) is 0 Å². The highest BCUT2D eigenvalue weighted by Gasteiger charge is 2.23. The number of hydrogen-bond donors (Lipinski definition) is 1. The van der Waals surface area contributed by atoms with Crippen molar-refractivity contribution in [3.63, 3.8) is 0 Å². The first-order valence-corrected chi connectivity index (χ1v) is 6.48. The van der Waals surface area contributed by atoms with Crippen LogP contribution in [0.1, 0.15) is 18.4 Å². The Kier molecular flexibility index (Phi) is 4.18. The maximum atomic E-state index is 13.3. The minimum absolute atomic E-state index is 0.285. The van der Waals surface area contributed by atoms with E-state index in [0.29, 0.717) is 29.3 Å². The Bertz CT molecular complexity index is 430. The molecule has 0 amide bonds. The third-order valence-corrected chi connectivity index (χ3v) is 3.22. The van der Waals surface area contributed by atoms with Crippen molar-refractivity contribution in [2.24, 2.45) is 11.7 Å². The van der Waals surface area contributed by atoms with Gasteiger partial charge in [0.1, 0.15) is 11.6 Å².